The summed E-state index contributed by atoms with van der Waals surface area (Å²) < 4.78 is 21.2. The van der Waals surface area contributed by atoms with Gasteiger partial charge in [0.25, 0.3) is 5.91 Å². The highest BCUT2D eigenvalue weighted by molar-refractivity contribution is 7.99. The summed E-state index contributed by atoms with van der Waals surface area (Å²) in [6.07, 6.45) is 6.00. The lowest BCUT2D eigenvalue weighted by atomic mass is 9.73. The van der Waals surface area contributed by atoms with Crippen molar-refractivity contribution in [3.63, 3.8) is 0 Å². The number of carbonyl (C=O) groups excluding carboxylic acids is 3. The van der Waals surface area contributed by atoms with E-state index in [0.717, 1.165) is 42.5 Å². The van der Waals surface area contributed by atoms with Gasteiger partial charge in [-0.1, -0.05) is 11.8 Å². The third kappa shape index (κ3) is 6.57. The number of hydrogen-bond donors (Lipinski definition) is 3. The quantitative estimate of drug-likeness (QED) is 0.302. The first-order chi connectivity index (χ1) is 25.1. The predicted molar refractivity (Wildman–Crippen MR) is 192 cm³/mol. The second kappa shape index (κ2) is 13.9. The zero-order chi connectivity index (χ0) is 36.1. The summed E-state index contributed by atoms with van der Waals surface area (Å²) in [7, 11) is 0. The van der Waals surface area contributed by atoms with E-state index >= 15 is 4.39 Å². The van der Waals surface area contributed by atoms with E-state index in [1.807, 2.05) is 12.1 Å². The smallest absolute Gasteiger partial charge is 0.255 e. The highest BCUT2D eigenvalue weighted by Gasteiger charge is 2.47. The molecular formula is C36H43FN10O4S. The molecule has 16 heteroatoms. The maximum atomic E-state index is 15.3. The highest BCUT2D eigenvalue weighted by Crippen LogP contribution is 2.42. The lowest BCUT2D eigenvalue weighted by molar-refractivity contribution is -0.136. The van der Waals surface area contributed by atoms with Crippen molar-refractivity contribution in [2.24, 2.45) is 11.1 Å². The van der Waals surface area contributed by atoms with E-state index in [4.69, 9.17) is 21.2 Å². The van der Waals surface area contributed by atoms with Crippen molar-refractivity contribution in [3.8, 4) is 0 Å². The van der Waals surface area contributed by atoms with E-state index in [-0.39, 0.29) is 54.3 Å². The van der Waals surface area contributed by atoms with E-state index in [1.165, 1.54) is 22.7 Å². The normalized spacial score (nSPS) is 24.9. The van der Waals surface area contributed by atoms with Crippen LogP contribution in [0.2, 0.25) is 0 Å². The van der Waals surface area contributed by atoms with Gasteiger partial charge in [-0.2, -0.15) is 0 Å². The largest absolute Gasteiger partial charge is 0.381 e. The Morgan fingerprint density at radius 1 is 1.04 bits per heavy atom. The number of nitrogens with one attached hydrogen (secondary N) is 1. The Morgan fingerprint density at radius 3 is 2.52 bits per heavy atom. The number of rotatable bonds is 7. The molecule has 3 atom stereocenters. The zero-order valence-corrected chi connectivity index (χ0v) is 29.9. The van der Waals surface area contributed by atoms with Crippen molar-refractivity contribution in [3.05, 3.63) is 59.2 Å². The minimum Gasteiger partial charge on any atom is -0.381 e. The zero-order valence-electron chi connectivity index (χ0n) is 29.1. The molecule has 274 valence electrons. The Labute approximate surface area is 305 Å². The number of anilines is 3. The van der Waals surface area contributed by atoms with E-state index in [1.54, 1.807) is 18.5 Å². The Balaban J connectivity index is 0.855. The summed E-state index contributed by atoms with van der Waals surface area (Å²) in [6.45, 7) is 7.86. The number of piperazine rings is 1. The van der Waals surface area contributed by atoms with Crippen molar-refractivity contribution in [1.82, 2.24) is 30.1 Å². The second-order valence-electron chi connectivity index (χ2n) is 14.5. The van der Waals surface area contributed by atoms with Gasteiger partial charge in [0.05, 0.1) is 18.9 Å². The van der Waals surface area contributed by atoms with E-state index in [0.29, 0.717) is 61.3 Å². The number of nitrogens with two attached hydrogens (primary N) is 2. The second-order valence-corrected chi connectivity index (χ2v) is 15.6. The maximum Gasteiger partial charge on any atom is 0.255 e. The summed E-state index contributed by atoms with van der Waals surface area (Å²) in [4.78, 5) is 60.1. The molecule has 2 aromatic heterocycles. The molecule has 1 aromatic carbocycles. The van der Waals surface area contributed by atoms with Gasteiger partial charge in [0.2, 0.25) is 11.8 Å². The minimum atomic E-state index is -0.733. The monoisotopic (exact) mass is 730 g/mol. The van der Waals surface area contributed by atoms with Gasteiger partial charge in [-0.15, -0.1) is 0 Å². The van der Waals surface area contributed by atoms with Crippen LogP contribution in [-0.4, -0.2) is 107 Å². The van der Waals surface area contributed by atoms with Crippen LogP contribution >= 0.6 is 11.8 Å². The molecule has 7 heterocycles. The van der Waals surface area contributed by atoms with Crippen LogP contribution in [0, 0.1) is 11.2 Å². The molecule has 5 aliphatic rings. The number of hydrogen-bond acceptors (Lipinski definition) is 13. The Morgan fingerprint density at radius 2 is 1.81 bits per heavy atom. The third-order valence-electron chi connectivity index (χ3n) is 11.4. The minimum absolute atomic E-state index is 0.0320. The average Bonchev–Trinajstić information content (AvgIpc) is 3.60. The average molecular weight is 731 g/mol. The Bertz CT molecular complexity index is 1900. The molecule has 8 rings (SSSR count). The summed E-state index contributed by atoms with van der Waals surface area (Å²) in [5, 5.41) is 2.94. The molecule has 4 saturated heterocycles. The molecular weight excluding hydrogens is 688 g/mol. The topological polar surface area (TPSA) is 176 Å². The van der Waals surface area contributed by atoms with E-state index in [9.17, 15) is 14.4 Å². The Hall–Kier alpha value is -4.38. The molecule has 5 N–H and O–H groups in total. The van der Waals surface area contributed by atoms with Gasteiger partial charge >= 0.3 is 0 Å². The number of benzene rings is 1. The van der Waals surface area contributed by atoms with Gasteiger partial charge in [-0.3, -0.25) is 24.6 Å². The molecule has 5 aliphatic heterocycles. The van der Waals surface area contributed by atoms with E-state index in [2.05, 4.69) is 36.9 Å². The first kappa shape index (κ1) is 34.7. The molecule has 0 aliphatic carbocycles. The number of piperidine rings is 2. The molecule has 52 heavy (non-hydrogen) atoms. The number of ether oxygens (including phenoxy) is 1. The number of amides is 3. The van der Waals surface area contributed by atoms with Crippen LogP contribution in [0.25, 0.3) is 0 Å². The summed E-state index contributed by atoms with van der Waals surface area (Å²) in [5.41, 5.74) is 14.4. The highest BCUT2D eigenvalue weighted by atomic mass is 32.2. The van der Waals surface area contributed by atoms with Gasteiger partial charge in [0, 0.05) is 92.5 Å². The molecule has 14 nitrogen and oxygen atoms in total. The molecule has 1 spiro atoms. The summed E-state index contributed by atoms with van der Waals surface area (Å²) in [5.74, 6) is 0.353. The van der Waals surface area contributed by atoms with Crippen molar-refractivity contribution >= 4 is 46.9 Å². The number of halogens is 1. The van der Waals surface area contributed by atoms with Crippen LogP contribution in [0.15, 0.2) is 46.6 Å². The van der Waals surface area contributed by atoms with Crippen LogP contribution in [0.1, 0.15) is 54.1 Å². The molecule has 3 amide bonds. The SMILES string of the molecule is C[C@@H]1OCC2(CCN(c3cnc(Sc4ccnc(N5CCN(Cc6cc7c(cc6F)C(=O)N(C6CCC(=O)NC6=O)C7)CC5)c4)c(N)n3)CC2)[C@@H]1N. The number of nitrogen functional groups attached to an aromatic ring is 1. The standard InChI is InChI=1S/C36H43FN10O4S/c1-21-31(38)36(20-51-21)5-8-45(9-6-36)29-17-41-34(32(39)42-29)52-24-4-7-40-28(15-24)46-12-10-44(11-13-46)18-23-14-22-19-47(35(50)25(22)16-26(23)37)27-2-3-30(48)43-33(27)49/h4,7,14-17,21,27,31H,2-3,5-6,8-13,18-20,38H2,1H3,(H2,39,42)(H,43,48,49)/t21-,27?,31+/m0/s1. The first-order valence-electron chi connectivity index (χ1n) is 17.9. The van der Waals surface area contributed by atoms with Crippen molar-refractivity contribution in [2.45, 2.75) is 73.8 Å². The van der Waals surface area contributed by atoms with Gasteiger partial charge in [-0.05, 0) is 56.0 Å². The third-order valence-corrected chi connectivity index (χ3v) is 12.4. The molecule has 1 unspecified atom stereocenters. The van der Waals surface area contributed by atoms with Crippen LogP contribution in [0.4, 0.5) is 21.8 Å². The van der Waals surface area contributed by atoms with E-state index < -0.39 is 17.8 Å². The fourth-order valence-electron chi connectivity index (χ4n) is 8.15. The molecule has 0 bridgehead atoms. The lowest BCUT2D eigenvalue weighted by Crippen LogP contribution is -2.52. The van der Waals surface area contributed by atoms with Crippen molar-refractivity contribution < 1.29 is 23.5 Å². The van der Waals surface area contributed by atoms with Gasteiger partial charge in [-0.25, -0.2) is 19.3 Å². The molecule has 0 radical (unpaired) electrons. The number of fused-ring (bicyclic) bond motifs is 1. The fraction of sp³-hybridized carbons (Fsp3) is 0.500. The van der Waals surface area contributed by atoms with Crippen molar-refractivity contribution in [2.75, 3.05) is 61.4 Å². The number of carbonyl (C=O) groups is 3. The van der Waals surface area contributed by atoms with Crippen LogP contribution in [0.3, 0.4) is 0 Å². The molecule has 4 fully saturated rings. The lowest BCUT2D eigenvalue weighted by Gasteiger charge is -2.41. The number of imide groups is 1. The maximum absolute atomic E-state index is 15.3. The fourth-order valence-corrected chi connectivity index (χ4v) is 8.92. The van der Waals surface area contributed by atoms with Gasteiger partial charge in [0.15, 0.2) is 5.82 Å². The van der Waals surface area contributed by atoms with Gasteiger partial charge in [0.1, 0.15) is 28.5 Å². The summed E-state index contributed by atoms with van der Waals surface area (Å²) >= 11 is 1.45. The first-order valence-corrected chi connectivity index (χ1v) is 18.7. The molecule has 3 aromatic rings. The van der Waals surface area contributed by atoms with Crippen molar-refractivity contribution in [1.29, 1.82) is 0 Å². The van der Waals surface area contributed by atoms with Crippen LogP contribution in [0.5, 0.6) is 0 Å². The number of pyridine rings is 1. The number of nitrogens with zero attached hydrogens (tertiary/aromatic N) is 7. The van der Waals surface area contributed by atoms with Crippen LogP contribution in [-0.2, 0) is 27.4 Å². The van der Waals surface area contributed by atoms with Crippen LogP contribution < -0.4 is 26.6 Å². The van der Waals surface area contributed by atoms with Gasteiger partial charge < -0.3 is 30.9 Å². The predicted octanol–water partition coefficient (Wildman–Crippen LogP) is 2.16. The summed E-state index contributed by atoms with van der Waals surface area (Å²) in [6, 6.07) is 6.31. The molecule has 0 saturated carbocycles. The Kier molecular flexibility index (Phi) is 9.26. The number of aromatic nitrogens is 3.